The van der Waals surface area contributed by atoms with E-state index < -0.39 is 37.1 Å². The molecule has 0 aromatic heterocycles. The number of aliphatic hydroxyl groups is 4. The van der Waals surface area contributed by atoms with Gasteiger partial charge in [0.25, 0.3) is 0 Å². The lowest BCUT2D eigenvalue weighted by molar-refractivity contribution is -0.231. The quantitative estimate of drug-likeness (QED) is 0.647. The predicted molar refractivity (Wildman–Crippen MR) is 101 cm³/mol. The van der Waals surface area contributed by atoms with Crippen LogP contribution in [0.25, 0.3) is 11.1 Å². The highest BCUT2D eigenvalue weighted by Crippen LogP contribution is 2.37. The van der Waals surface area contributed by atoms with Crippen molar-refractivity contribution in [2.45, 2.75) is 44.4 Å². The van der Waals surface area contributed by atoms with E-state index in [0.717, 1.165) is 28.0 Å². The number of methoxy groups -OCH3 is 1. The van der Waals surface area contributed by atoms with Gasteiger partial charge in [0.2, 0.25) is 0 Å². The first-order valence-corrected chi connectivity index (χ1v) is 8.93. The first-order valence-electron chi connectivity index (χ1n) is 8.93. The zero-order valence-electron chi connectivity index (χ0n) is 15.7. The van der Waals surface area contributed by atoms with Crippen LogP contribution in [0.2, 0.25) is 0 Å². The minimum Gasteiger partial charge on any atom is -0.496 e. The molecule has 0 spiro atoms. The molecule has 1 heterocycles. The maximum Gasteiger partial charge on any atom is 0.126 e. The molecule has 1 saturated heterocycles. The SMILES string of the molecule is COc1cc(C)ccc1-c1ccc([C@H]2OC(CO)[C@@H](O)C(O)C2O)c(C)c1. The molecule has 1 aliphatic rings. The summed E-state index contributed by atoms with van der Waals surface area (Å²) in [7, 11) is 1.63. The molecule has 146 valence electrons. The van der Waals surface area contributed by atoms with Gasteiger partial charge in [-0.3, -0.25) is 0 Å². The summed E-state index contributed by atoms with van der Waals surface area (Å²) in [5, 5.41) is 39.7. The minimum atomic E-state index is -1.39. The van der Waals surface area contributed by atoms with Gasteiger partial charge in [-0.15, -0.1) is 0 Å². The fourth-order valence-corrected chi connectivity index (χ4v) is 3.56. The van der Waals surface area contributed by atoms with Crippen LogP contribution < -0.4 is 4.74 Å². The second-order valence-corrected chi connectivity index (χ2v) is 7.02. The largest absolute Gasteiger partial charge is 0.496 e. The Morgan fingerprint density at radius 3 is 2.33 bits per heavy atom. The van der Waals surface area contributed by atoms with E-state index in [4.69, 9.17) is 9.47 Å². The normalized spacial score (nSPS) is 28.2. The maximum atomic E-state index is 10.4. The summed E-state index contributed by atoms with van der Waals surface area (Å²) >= 11 is 0. The van der Waals surface area contributed by atoms with Crippen LogP contribution in [0.5, 0.6) is 5.75 Å². The van der Waals surface area contributed by atoms with Gasteiger partial charge in [0, 0.05) is 5.56 Å². The average Bonchev–Trinajstić information content (AvgIpc) is 2.66. The zero-order valence-corrected chi connectivity index (χ0v) is 15.7. The molecule has 1 fully saturated rings. The number of aryl methyl sites for hydroxylation is 2. The summed E-state index contributed by atoms with van der Waals surface area (Å²) in [4.78, 5) is 0. The van der Waals surface area contributed by atoms with Gasteiger partial charge in [0.05, 0.1) is 13.7 Å². The third-order valence-electron chi connectivity index (χ3n) is 5.14. The monoisotopic (exact) mass is 374 g/mol. The number of hydrogen-bond acceptors (Lipinski definition) is 6. The first kappa shape index (κ1) is 19.8. The van der Waals surface area contributed by atoms with E-state index in [-0.39, 0.29) is 0 Å². The van der Waals surface area contributed by atoms with Crippen molar-refractivity contribution >= 4 is 0 Å². The molecular weight excluding hydrogens is 348 g/mol. The molecule has 3 unspecified atom stereocenters. The van der Waals surface area contributed by atoms with Crippen molar-refractivity contribution in [2.24, 2.45) is 0 Å². The van der Waals surface area contributed by atoms with Crippen molar-refractivity contribution in [1.82, 2.24) is 0 Å². The molecule has 27 heavy (non-hydrogen) atoms. The van der Waals surface area contributed by atoms with Gasteiger partial charge in [0.15, 0.2) is 0 Å². The van der Waals surface area contributed by atoms with Crippen LogP contribution in [-0.4, -0.2) is 58.6 Å². The number of rotatable bonds is 4. The highest BCUT2D eigenvalue weighted by molar-refractivity contribution is 5.72. The molecule has 4 N–H and O–H groups in total. The van der Waals surface area contributed by atoms with Crippen molar-refractivity contribution in [2.75, 3.05) is 13.7 Å². The highest BCUT2D eigenvalue weighted by Gasteiger charge is 2.44. The Bertz CT molecular complexity index is 803. The highest BCUT2D eigenvalue weighted by atomic mass is 16.5. The lowest BCUT2D eigenvalue weighted by Gasteiger charge is -2.40. The summed E-state index contributed by atoms with van der Waals surface area (Å²) < 4.78 is 11.2. The molecule has 0 bridgehead atoms. The van der Waals surface area contributed by atoms with E-state index in [1.807, 2.05) is 50.2 Å². The zero-order chi connectivity index (χ0) is 19.7. The van der Waals surface area contributed by atoms with Crippen LogP contribution in [0.15, 0.2) is 36.4 Å². The Labute approximate surface area is 158 Å². The van der Waals surface area contributed by atoms with Crippen LogP contribution in [0.4, 0.5) is 0 Å². The molecule has 3 rings (SSSR count). The number of ether oxygens (including phenoxy) is 2. The molecule has 0 radical (unpaired) electrons. The molecule has 6 heteroatoms. The lowest BCUT2D eigenvalue weighted by atomic mass is 9.88. The third-order valence-corrected chi connectivity index (χ3v) is 5.14. The topological polar surface area (TPSA) is 99.4 Å². The average molecular weight is 374 g/mol. The van der Waals surface area contributed by atoms with E-state index >= 15 is 0 Å². The number of benzene rings is 2. The maximum absolute atomic E-state index is 10.4. The summed E-state index contributed by atoms with van der Waals surface area (Å²) in [5.74, 6) is 0.773. The second kappa shape index (κ2) is 7.96. The molecular formula is C21H26O6. The number of aliphatic hydroxyl groups excluding tert-OH is 4. The van der Waals surface area contributed by atoms with Crippen LogP contribution in [0.1, 0.15) is 22.8 Å². The van der Waals surface area contributed by atoms with E-state index in [1.165, 1.54) is 0 Å². The van der Waals surface area contributed by atoms with E-state index in [2.05, 4.69) is 0 Å². The van der Waals surface area contributed by atoms with E-state index in [1.54, 1.807) is 7.11 Å². The van der Waals surface area contributed by atoms with Gasteiger partial charge in [-0.1, -0.05) is 30.3 Å². The van der Waals surface area contributed by atoms with Crippen molar-refractivity contribution in [3.8, 4) is 16.9 Å². The molecule has 0 saturated carbocycles. The summed E-state index contributed by atoms with van der Waals surface area (Å²) in [5.41, 5.74) is 4.57. The summed E-state index contributed by atoms with van der Waals surface area (Å²) in [6.07, 6.45) is -5.81. The van der Waals surface area contributed by atoms with Crippen LogP contribution in [-0.2, 0) is 4.74 Å². The third kappa shape index (κ3) is 3.72. The summed E-state index contributed by atoms with van der Waals surface area (Å²) in [6, 6.07) is 11.7. The first-order chi connectivity index (χ1) is 12.9. The van der Waals surface area contributed by atoms with Crippen molar-refractivity contribution < 1.29 is 29.9 Å². The van der Waals surface area contributed by atoms with E-state index in [0.29, 0.717) is 5.56 Å². The Balaban J connectivity index is 1.96. The van der Waals surface area contributed by atoms with E-state index in [9.17, 15) is 20.4 Å². The van der Waals surface area contributed by atoms with Crippen LogP contribution in [0, 0.1) is 13.8 Å². The van der Waals surface area contributed by atoms with Gasteiger partial charge in [-0.25, -0.2) is 0 Å². The van der Waals surface area contributed by atoms with Crippen molar-refractivity contribution in [3.63, 3.8) is 0 Å². The van der Waals surface area contributed by atoms with Crippen molar-refractivity contribution in [1.29, 1.82) is 0 Å². The van der Waals surface area contributed by atoms with Gasteiger partial charge in [-0.05, 0) is 42.2 Å². The standard InChI is InChI=1S/C21H26O6/c1-11-4-6-15(16(8-11)26-3)13-5-7-14(12(2)9-13)21-20(25)19(24)18(23)17(10-22)27-21/h4-9,17-25H,10H2,1-3H3/t17?,18-,19?,20?,21-/m1/s1. The molecule has 2 aromatic carbocycles. The minimum absolute atomic E-state index is 0.445. The van der Waals surface area contributed by atoms with Gasteiger partial charge in [0.1, 0.15) is 36.3 Å². The summed E-state index contributed by atoms with van der Waals surface area (Å²) in [6.45, 7) is 3.44. The Hall–Kier alpha value is -1.96. The Kier molecular flexibility index (Phi) is 5.83. The molecule has 6 nitrogen and oxygen atoms in total. The molecule has 2 aromatic rings. The van der Waals surface area contributed by atoms with Crippen LogP contribution in [0.3, 0.4) is 0 Å². The fraction of sp³-hybridized carbons (Fsp3) is 0.429. The predicted octanol–water partition coefficient (Wildman–Crippen LogP) is 1.49. The van der Waals surface area contributed by atoms with Crippen LogP contribution >= 0.6 is 0 Å². The molecule has 0 aliphatic carbocycles. The Morgan fingerprint density at radius 1 is 0.963 bits per heavy atom. The molecule has 1 aliphatic heterocycles. The Morgan fingerprint density at radius 2 is 1.70 bits per heavy atom. The molecule has 5 atom stereocenters. The second-order valence-electron chi connectivity index (χ2n) is 7.02. The van der Waals surface area contributed by atoms with Crippen molar-refractivity contribution in [3.05, 3.63) is 53.1 Å². The van der Waals surface area contributed by atoms with Gasteiger partial charge >= 0.3 is 0 Å². The van der Waals surface area contributed by atoms with Gasteiger partial charge < -0.3 is 29.9 Å². The fourth-order valence-electron chi connectivity index (χ4n) is 3.56. The number of hydrogen-bond donors (Lipinski definition) is 4. The molecule has 0 amide bonds. The lowest BCUT2D eigenvalue weighted by Crippen LogP contribution is -2.55. The van der Waals surface area contributed by atoms with Gasteiger partial charge in [-0.2, -0.15) is 0 Å². The smallest absolute Gasteiger partial charge is 0.126 e.